The number of pyridine rings is 1. The molecule has 13 heavy (non-hydrogen) atoms. The number of carboxylic acid groups (broad SMARTS) is 1. The first-order valence-corrected chi connectivity index (χ1v) is 4.03. The molecule has 0 bridgehead atoms. The summed E-state index contributed by atoms with van der Waals surface area (Å²) in [5.74, 6) is -1.09. The first-order chi connectivity index (χ1) is 6.20. The molecule has 1 aromatic heterocycles. The number of rotatable bonds is 4. The van der Waals surface area contributed by atoms with Crippen molar-refractivity contribution >= 4 is 5.97 Å². The van der Waals surface area contributed by atoms with Crippen molar-refractivity contribution in [3.63, 3.8) is 0 Å². The summed E-state index contributed by atoms with van der Waals surface area (Å²) in [5.41, 5.74) is 0.954. The van der Waals surface area contributed by atoms with Crippen molar-refractivity contribution in [3.05, 3.63) is 30.1 Å². The van der Waals surface area contributed by atoms with Crippen LogP contribution in [0.15, 0.2) is 24.5 Å². The van der Waals surface area contributed by atoms with Crippen LogP contribution < -0.4 is 10.4 Å². The van der Waals surface area contributed by atoms with Crippen LogP contribution in [-0.2, 0) is 11.3 Å². The molecule has 0 aromatic carbocycles. The van der Waals surface area contributed by atoms with Crippen LogP contribution in [0.3, 0.4) is 0 Å². The van der Waals surface area contributed by atoms with E-state index in [2.05, 4.69) is 10.3 Å². The van der Waals surface area contributed by atoms with Gasteiger partial charge in [-0.15, -0.1) is 0 Å². The molecule has 0 aliphatic carbocycles. The van der Waals surface area contributed by atoms with E-state index >= 15 is 0 Å². The molecule has 4 nitrogen and oxygen atoms in total. The first-order valence-electron chi connectivity index (χ1n) is 4.03. The fourth-order valence-corrected chi connectivity index (χ4v) is 0.857. The molecule has 1 aromatic rings. The highest BCUT2D eigenvalue weighted by Gasteiger charge is 2.00. The Morgan fingerprint density at radius 1 is 1.77 bits per heavy atom. The molecule has 70 valence electrons. The smallest absolute Gasteiger partial charge is 0.0581 e. The molecule has 1 heterocycles. The van der Waals surface area contributed by atoms with Crippen LogP contribution in [0.4, 0.5) is 0 Å². The van der Waals surface area contributed by atoms with Crippen LogP contribution in [0, 0.1) is 0 Å². The first kappa shape index (κ1) is 9.67. The number of hydrogen-bond donors (Lipinski definition) is 1. The van der Waals surface area contributed by atoms with Gasteiger partial charge in [0.2, 0.25) is 0 Å². The van der Waals surface area contributed by atoms with Crippen LogP contribution in [0.2, 0.25) is 0 Å². The van der Waals surface area contributed by atoms with Gasteiger partial charge in [-0.2, -0.15) is 0 Å². The number of nitrogens with zero attached hydrogens (tertiary/aromatic N) is 1. The van der Waals surface area contributed by atoms with Crippen LogP contribution in [-0.4, -0.2) is 17.0 Å². The van der Waals surface area contributed by atoms with E-state index < -0.39 is 12.0 Å². The molecular formula is C9H11N2O2-. The zero-order valence-corrected chi connectivity index (χ0v) is 7.36. The van der Waals surface area contributed by atoms with E-state index in [1.165, 1.54) is 0 Å². The Kier molecular flexibility index (Phi) is 3.40. The highest BCUT2D eigenvalue weighted by Crippen LogP contribution is 1.94. The van der Waals surface area contributed by atoms with Crippen LogP contribution in [0.1, 0.15) is 12.5 Å². The lowest BCUT2D eigenvalue weighted by Gasteiger charge is -2.13. The molecule has 1 unspecified atom stereocenters. The van der Waals surface area contributed by atoms with Crippen molar-refractivity contribution in [3.8, 4) is 0 Å². The average Bonchev–Trinajstić information content (AvgIpc) is 2.15. The second-order valence-corrected chi connectivity index (χ2v) is 2.78. The van der Waals surface area contributed by atoms with Gasteiger partial charge < -0.3 is 15.2 Å². The zero-order valence-electron chi connectivity index (χ0n) is 7.36. The number of aromatic nitrogens is 1. The molecule has 0 aliphatic rings. The summed E-state index contributed by atoms with van der Waals surface area (Å²) >= 11 is 0. The standard InChI is InChI=1S/C9H12N2O2/c1-7(9(12)13)11-6-8-3-2-4-10-5-8/h2-5,7,11H,6H2,1H3,(H,12,13)/p-1. The van der Waals surface area contributed by atoms with Gasteiger partial charge in [-0.05, 0) is 18.6 Å². The minimum absolute atomic E-state index is 0.489. The summed E-state index contributed by atoms with van der Waals surface area (Å²) in [6.07, 6.45) is 3.36. The highest BCUT2D eigenvalue weighted by molar-refractivity contribution is 5.70. The van der Waals surface area contributed by atoms with E-state index in [-0.39, 0.29) is 0 Å². The molecule has 0 aliphatic heterocycles. The molecule has 0 fully saturated rings. The van der Waals surface area contributed by atoms with E-state index in [0.29, 0.717) is 6.54 Å². The Morgan fingerprint density at radius 2 is 2.54 bits per heavy atom. The minimum atomic E-state index is -1.09. The molecule has 0 amide bonds. The number of carboxylic acids is 1. The Bertz CT molecular complexity index is 274. The minimum Gasteiger partial charge on any atom is -0.548 e. The van der Waals surface area contributed by atoms with Gasteiger partial charge in [-0.3, -0.25) is 4.98 Å². The Labute approximate surface area is 76.6 Å². The maximum Gasteiger partial charge on any atom is 0.0581 e. The lowest BCUT2D eigenvalue weighted by molar-refractivity contribution is -0.308. The molecule has 0 saturated carbocycles. The monoisotopic (exact) mass is 179 g/mol. The summed E-state index contributed by atoms with van der Waals surface area (Å²) in [7, 11) is 0. The lowest BCUT2D eigenvalue weighted by Crippen LogP contribution is -2.42. The molecular weight excluding hydrogens is 168 g/mol. The summed E-state index contributed by atoms with van der Waals surface area (Å²) < 4.78 is 0. The summed E-state index contributed by atoms with van der Waals surface area (Å²) in [5, 5.41) is 13.1. The van der Waals surface area contributed by atoms with Gasteiger partial charge in [-0.25, -0.2) is 0 Å². The number of aliphatic carboxylic acids is 1. The van der Waals surface area contributed by atoms with Crippen LogP contribution in [0.5, 0.6) is 0 Å². The fraction of sp³-hybridized carbons (Fsp3) is 0.333. The number of carbonyl (C=O) groups excluding carboxylic acids is 1. The van der Waals surface area contributed by atoms with E-state index in [9.17, 15) is 9.90 Å². The molecule has 0 radical (unpaired) electrons. The fourth-order valence-electron chi connectivity index (χ4n) is 0.857. The molecule has 0 saturated heterocycles. The van der Waals surface area contributed by atoms with Gasteiger partial charge in [0.1, 0.15) is 0 Å². The second-order valence-electron chi connectivity index (χ2n) is 2.78. The number of nitrogens with one attached hydrogen (secondary N) is 1. The molecule has 1 N–H and O–H groups in total. The van der Waals surface area contributed by atoms with Gasteiger partial charge >= 0.3 is 0 Å². The largest absolute Gasteiger partial charge is 0.548 e. The summed E-state index contributed by atoms with van der Waals surface area (Å²) in [6, 6.07) is 3.04. The Hall–Kier alpha value is -1.42. The van der Waals surface area contributed by atoms with Crippen molar-refractivity contribution in [1.29, 1.82) is 0 Å². The average molecular weight is 179 g/mol. The Balaban J connectivity index is 2.39. The van der Waals surface area contributed by atoms with Crippen molar-refractivity contribution in [1.82, 2.24) is 10.3 Å². The third kappa shape index (κ3) is 3.21. The van der Waals surface area contributed by atoms with E-state index in [1.807, 2.05) is 6.07 Å². The second kappa shape index (κ2) is 4.57. The predicted octanol–water partition coefficient (Wildman–Crippen LogP) is -0.690. The lowest BCUT2D eigenvalue weighted by atomic mass is 10.2. The van der Waals surface area contributed by atoms with Crippen molar-refractivity contribution in [2.45, 2.75) is 19.5 Å². The van der Waals surface area contributed by atoms with Gasteiger partial charge in [0.25, 0.3) is 0 Å². The topological polar surface area (TPSA) is 65.0 Å². The third-order valence-corrected chi connectivity index (χ3v) is 1.69. The molecule has 1 rings (SSSR count). The third-order valence-electron chi connectivity index (χ3n) is 1.69. The maximum absolute atomic E-state index is 10.3. The SMILES string of the molecule is CC(NCc1cccnc1)C(=O)[O-]. The normalized spacial score (nSPS) is 12.4. The van der Waals surface area contributed by atoms with Crippen LogP contribution >= 0.6 is 0 Å². The Morgan fingerprint density at radius 3 is 3.08 bits per heavy atom. The number of carbonyl (C=O) groups is 1. The molecule has 0 spiro atoms. The van der Waals surface area contributed by atoms with E-state index in [0.717, 1.165) is 5.56 Å². The van der Waals surface area contributed by atoms with Gasteiger partial charge in [0.15, 0.2) is 0 Å². The predicted molar refractivity (Wildman–Crippen MR) is 45.5 cm³/mol. The van der Waals surface area contributed by atoms with Crippen molar-refractivity contribution < 1.29 is 9.90 Å². The van der Waals surface area contributed by atoms with Gasteiger partial charge in [0.05, 0.1) is 5.97 Å². The van der Waals surface area contributed by atoms with E-state index in [4.69, 9.17) is 0 Å². The summed E-state index contributed by atoms with van der Waals surface area (Å²) in [6.45, 7) is 2.04. The number of hydrogen-bond acceptors (Lipinski definition) is 4. The van der Waals surface area contributed by atoms with Crippen molar-refractivity contribution in [2.24, 2.45) is 0 Å². The summed E-state index contributed by atoms with van der Waals surface area (Å²) in [4.78, 5) is 14.2. The van der Waals surface area contributed by atoms with E-state index in [1.54, 1.807) is 25.4 Å². The maximum atomic E-state index is 10.3. The van der Waals surface area contributed by atoms with Crippen LogP contribution in [0.25, 0.3) is 0 Å². The van der Waals surface area contributed by atoms with Gasteiger partial charge in [0, 0.05) is 25.0 Å². The zero-order chi connectivity index (χ0) is 9.68. The molecule has 1 atom stereocenters. The van der Waals surface area contributed by atoms with Crippen molar-refractivity contribution in [2.75, 3.05) is 0 Å². The highest BCUT2D eigenvalue weighted by atomic mass is 16.4. The van der Waals surface area contributed by atoms with Gasteiger partial charge in [-0.1, -0.05) is 6.07 Å². The molecule has 4 heteroatoms. The quantitative estimate of drug-likeness (QED) is 0.664.